The predicted octanol–water partition coefficient (Wildman–Crippen LogP) is -0.00880. The smallest absolute Gasteiger partial charge is 0.248 e. The van der Waals surface area contributed by atoms with E-state index in [1.54, 1.807) is 4.68 Å². The maximum atomic E-state index is 5.06. The second kappa shape index (κ2) is 4.84. The molecule has 0 saturated heterocycles. The van der Waals surface area contributed by atoms with Crippen LogP contribution in [0.1, 0.15) is 24.3 Å². The third kappa shape index (κ3) is 2.43. The summed E-state index contributed by atoms with van der Waals surface area (Å²) in [4.78, 5) is 4.20. The van der Waals surface area contributed by atoms with E-state index in [-0.39, 0.29) is 0 Å². The monoisotopic (exact) mass is 222 g/mol. The van der Waals surface area contributed by atoms with Gasteiger partial charge in [0, 0.05) is 13.0 Å². The molecule has 0 unspecified atom stereocenters. The summed E-state index contributed by atoms with van der Waals surface area (Å²) in [5, 5.41) is 14.8. The Kier molecular flexibility index (Phi) is 3.25. The average Bonchev–Trinajstić information content (AvgIpc) is 2.89. The molecule has 2 aromatic rings. The fourth-order valence-electron chi connectivity index (χ4n) is 1.31. The Bertz CT molecular complexity index is 448. The van der Waals surface area contributed by atoms with Crippen LogP contribution in [0, 0.1) is 0 Å². The van der Waals surface area contributed by atoms with Crippen molar-refractivity contribution in [1.82, 2.24) is 30.5 Å². The molecule has 86 valence electrons. The van der Waals surface area contributed by atoms with Crippen molar-refractivity contribution in [2.75, 3.05) is 7.05 Å². The number of hydrogen-bond acceptors (Lipinski definition) is 6. The fourth-order valence-corrected chi connectivity index (χ4v) is 1.31. The van der Waals surface area contributed by atoms with Gasteiger partial charge in [0.15, 0.2) is 5.82 Å². The molecule has 16 heavy (non-hydrogen) atoms. The molecule has 0 amide bonds. The normalized spacial score (nSPS) is 10.9. The Balaban J connectivity index is 2.02. The van der Waals surface area contributed by atoms with Crippen molar-refractivity contribution in [3.63, 3.8) is 0 Å². The van der Waals surface area contributed by atoms with Crippen molar-refractivity contribution in [2.24, 2.45) is 0 Å². The summed E-state index contributed by atoms with van der Waals surface area (Å²) >= 11 is 0. The number of rotatable bonds is 5. The van der Waals surface area contributed by atoms with Crippen molar-refractivity contribution in [3.8, 4) is 0 Å². The number of nitrogens with zero attached hydrogens (tertiary/aromatic N) is 5. The van der Waals surface area contributed by atoms with Gasteiger partial charge in [-0.15, -0.1) is 5.10 Å². The van der Waals surface area contributed by atoms with Gasteiger partial charge in [0.1, 0.15) is 6.54 Å². The van der Waals surface area contributed by atoms with Gasteiger partial charge in [0.2, 0.25) is 5.89 Å². The summed E-state index contributed by atoms with van der Waals surface area (Å²) in [6.07, 6.45) is 2.62. The van der Waals surface area contributed by atoms with E-state index >= 15 is 0 Å². The van der Waals surface area contributed by atoms with E-state index in [0.717, 1.165) is 12.1 Å². The number of hydrogen-bond donors (Lipinski definition) is 1. The van der Waals surface area contributed by atoms with Crippen LogP contribution < -0.4 is 5.32 Å². The van der Waals surface area contributed by atoms with Crippen LogP contribution in [0.15, 0.2) is 10.7 Å². The molecule has 0 spiro atoms. The van der Waals surface area contributed by atoms with E-state index in [0.29, 0.717) is 24.8 Å². The molecule has 7 heteroatoms. The van der Waals surface area contributed by atoms with E-state index in [9.17, 15) is 0 Å². The topological polar surface area (TPSA) is 81.7 Å². The van der Waals surface area contributed by atoms with Crippen molar-refractivity contribution < 1.29 is 4.52 Å². The molecule has 1 N–H and O–H groups in total. The minimum atomic E-state index is 0.462. The first-order chi connectivity index (χ1) is 7.81. The number of aromatic nitrogens is 5. The van der Waals surface area contributed by atoms with Gasteiger partial charge < -0.3 is 9.84 Å². The van der Waals surface area contributed by atoms with Crippen LogP contribution in [0.25, 0.3) is 0 Å². The third-order valence-electron chi connectivity index (χ3n) is 2.07. The number of aryl methyl sites for hydroxylation is 1. The SMILES string of the molecule is CCc1noc(Cn2cc(CNC)nn2)n1. The molecule has 0 fully saturated rings. The van der Waals surface area contributed by atoms with E-state index in [4.69, 9.17) is 4.52 Å². The van der Waals surface area contributed by atoms with Gasteiger partial charge in [-0.3, -0.25) is 0 Å². The minimum Gasteiger partial charge on any atom is -0.337 e. The van der Waals surface area contributed by atoms with Crippen LogP contribution in [0.4, 0.5) is 0 Å². The summed E-state index contributed by atoms with van der Waals surface area (Å²) in [5.74, 6) is 1.27. The van der Waals surface area contributed by atoms with E-state index < -0.39 is 0 Å². The van der Waals surface area contributed by atoms with Crippen molar-refractivity contribution in [1.29, 1.82) is 0 Å². The number of nitrogens with one attached hydrogen (secondary N) is 1. The maximum Gasteiger partial charge on any atom is 0.248 e. The zero-order chi connectivity index (χ0) is 11.4. The lowest BCUT2D eigenvalue weighted by atomic mass is 10.4. The lowest BCUT2D eigenvalue weighted by Crippen LogP contribution is -2.05. The van der Waals surface area contributed by atoms with Crippen LogP contribution in [0.2, 0.25) is 0 Å². The first-order valence-electron chi connectivity index (χ1n) is 5.17. The summed E-state index contributed by atoms with van der Waals surface area (Å²) in [6, 6.07) is 0. The molecular weight excluding hydrogens is 208 g/mol. The Hall–Kier alpha value is -1.76. The van der Waals surface area contributed by atoms with Crippen molar-refractivity contribution in [2.45, 2.75) is 26.4 Å². The maximum absolute atomic E-state index is 5.06. The Morgan fingerprint density at radius 3 is 3.06 bits per heavy atom. The van der Waals surface area contributed by atoms with Crippen LogP contribution in [-0.2, 0) is 19.5 Å². The standard InChI is InChI=1S/C9H14N6O/c1-3-8-11-9(16-13-8)6-15-5-7(4-10-2)12-14-15/h5,10H,3-4,6H2,1-2H3. The van der Waals surface area contributed by atoms with E-state index in [1.807, 2.05) is 20.2 Å². The third-order valence-corrected chi connectivity index (χ3v) is 2.07. The van der Waals surface area contributed by atoms with E-state index in [2.05, 4.69) is 25.8 Å². The van der Waals surface area contributed by atoms with Gasteiger partial charge in [0.05, 0.1) is 11.9 Å². The zero-order valence-electron chi connectivity index (χ0n) is 9.34. The van der Waals surface area contributed by atoms with Gasteiger partial charge >= 0.3 is 0 Å². The first kappa shape index (κ1) is 10.7. The lowest BCUT2D eigenvalue weighted by Gasteiger charge is -1.92. The molecule has 2 aromatic heterocycles. The summed E-state index contributed by atoms with van der Waals surface area (Å²) < 4.78 is 6.74. The molecule has 0 aliphatic rings. The average molecular weight is 222 g/mol. The largest absolute Gasteiger partial charge is 0.337 e. The van der Waals surface area contributed by atoms with Crippen molar-refractivity contribution in [3.05, 3.63) is 23.6 Å². The second-order valence-corrected chi connectivity index (χ2v) is 3.40. The van der Waals surface area contributed by atoms with Crippen LogP contribution in [-0.4, -0.2) is 32.2 Å². The lowest BCUT2D eigenvalue weighted by molar-refractivity contribution is 0.360. The van der Waals surface area contributed by atoms with Crippen LogP contribution in [0.3, 0.4) is 0 Å². The highest BCUT2D eigenvalue weighted by molar-refractivity contribution is 4.93. The van der Waals surface area contributed by atoms with Gasteiger partial charge in [-0.1, -0.05) is 17.3 Å². The molecule has 0 aromatic carbocycles. The van der Waals surface area contributed by atoms with Gasteiger partial charge in [-0.25, -0.2) is 4.68 Å². The summed E-state index contributed by atoms with van der Waals surface area (Å²) in [5.41, 5.74) is 0.887. The quantitative estimate of drug-likeness (QED) is 0.766. The molecular formula is C9H14N6O. The molecule has 7 nitrogen and oxygen atoms in total. The molecule has 2 heterocycles. The molecule has 0 radical (unpaired) electrons. The predicted molar refractivity (Wildman–Crippen MR) is 55.6 cm³/mol. The molecule has 0 aliphatic heterocycles. The Labute approximate surface area is 92.8 Å². The molecule has 0 bridgehead atoms. The summed E-state index contributed by atoms with van der Waals surface area (Å²) in [7, 11) is 1.87. The van der Waals surface area contributed by atoms with Crippen LogP contribution in [0.5, 0.6) is 0 Å². The Morgan fingerprint density at radius 2 is 2.38 bits per heavy atom. The molecule has 2 rings (SSSR count). The molecule has 0 saturated carbocycles. The second-order valence-electron chi connectivity index (χ2n) is 3.40. The highest BCUT2D eigenvalue weighted by Gasteiger charge is 2.07. The molecule has 0 atom stereocenters. The van der Waals surface area contributed by atoms with Crippen LogP contribution >= 0.6 is 0 Å². The minimum absolute atomic E-state index is 0.462. The van der Waals surface area contributed by atoms with Gasteiger partial charge in [-0.05, 0) is 7.05 Å². The zero-order valence-corrected chi connectivity index (χ0v) is 9.34. The van der Waals surface area contributed by atoms with Gasteiger partial charge in [-0.2, -0.15) is 4.98 Å². The summed E-state index contributed by atoms with van der Waals surface area (Å²) in [6.45, 7) is 3.14. The first-order valence-corrected chi connectivity index (χ1v) is 5.17. The van der Waals surface area contributed by atoms with E-state index in [1.165, 1.54) is 0 Å². The Morgan fingerprint density at radius 1 is 1.50 bits per heavy atom. The van der Waals surface area contributed by atoms with Gasteiger partial charge in [0.25, 0.3) is 0 Å². The highest BCUT2D eigenvalue weighted by atomic mass is 16.5. The molecule has 0 aliphatic carbocycles. The highest BCUT2D eigenvalue weighted by Crippen LogP contribution is 2.01. The van der Waals surface area contributed by atoms with Crippen molar-refractivity contribution >= 4 is 0 Å². The fraction of sp³-hybridized carbons (Fsp3) is 0.556.